The molecule has 0 aliphatic heterocycles. The molecule has 1 heterocycles. The third-order valence-corrected chi connectivity index (χ3v) is 4.24. The van der Waals surface area contributed by atoms with E-state index >= 15 is 0 Å². The molecule has 2 aromatic rings. The van der Waals surface area contributed by atoms with Crippen molar-refractivity contribution in [3.63, 3.8) is 0 Å². The van der Waals surface area contributed by atoms with Crippen molar-refractivity contribution in [2.45, 2.75) is 45.1 Å². The highest BCUT2D eigenvalue weighted by Crippen LogP contribution is 2.31. The van der Waals surface area contributed by atoms with Crippen molar-refractivity contribution >= 4 is 0 Å². The van der Waals surface area contributed by atoms with Gasteiger partial charge in [-0.25, -0.2) is 9.97 Å². The molecule has 3 rings (SSSR count). The van der Waals surface area contributed by atoms with Crippen LogP contribution in [0.15, 0.2) is 30.5 Å². The van der Waals surface area contributed by atoms with Gasteiger partial charge in [0.15, 0.2) is 0 Å². The quantitative estimate of drug-likeness (QED) is 0.909. The molecule has 0 amide bonds. The van der Waals surface area contributed by atoms with Gasteiger partial charge < -0.3 is 5.73 Å². The maximum Gasteiger partial charge on any atom is 0.131 e. The van der Waals surface area contributed by atoms with Crippen LogP contribution in [0.1, 0.15) is 53.5 Å². The van der Waals surface area contributed by atoms with Crippen LogP contribution in [0.2, 0.25) is 0 Å². The molecule has 1 aromatic carbocycles. The molecule has 104 valence electrons. The van der Waals surface area contributed by atoms with Crippen molar-refractivity contribution in [2.24, 2.45) is 5.73 Å². The lowest BCUT2D eigenvalue weighted by molar-refractivity contribution is 0.551. The van der Waals surface area contributed by atoms with E-state index in [9.17, 15) is 0 Å². The third kappa shape index (κ3) is 2.46. The van der Waals surface area contributed by atoms with Crippen LogP contribution >= 0.6 is 0 Å². The highest BCUT2D eigenvalue weighted by Gasteiger charge is 2.22. The van der Waals surface area contributed by atoms with E-state index in [0.717, 1.165) is 36.3 Å². The second kappa shape index (κ2) is 5.33. The second-order valence-corrected chi connectivity index (χ2v) is 5.77. The Morgan fingerprint density at radius 1 is 1.25 bits per heavy atom. The SMILES string of the molecule is Cc1nc(C2CCc3ccccc3C2)ncc1C(C)N. The maximum atomic E-state index is 5.93. The zero-order valence-electron chi connectivity index (χ0n) is 12.1. The summed E-state index contributed by atoms with van der Waals surface area (Å²) < 4.78 is 0. The largest absolute Gasteiger partial charge is 0.324 e. The molecule has 2 atom stereocenters. The average Bonchev–Trinajstić information content (AvgIpc) is 2.46. The zero-order chi connectivity index (χ0) is 14.1. The lowest BCUT2D eigenvalue weighted by atomic mass is 9.83. The minimum absolute atomic E-state index is 0.00358. The molecular weight excluding hydrogens is 246 g/mol. The highest BCUT2D eigenvalue weighted by molar-refractivity contribution is 5.32. The first-order valence-electron chi connectivity index (χ1n) is 7.31. The lowest BCUT2D eigenvalue weighted by Gasteiger charge is -2.24. The molecule has 2 N–H and O–H groups in total. The number of hydrogen-bond acceptors (Lipinski definition) is 3. The van der Waals surface area contributed by atoms with Crippen LogP contribution in [0, 0.1) is 6.92 Å². The van der Waals surface area contributed by atoms with Crippen LogP contribution in [0.3, 0.4) is 0 Å². The van der Waals surface area contributed by atoms with E-state index in [1.54, 1.807) is 0 Å². The van der Waals surface area contributed by atoms with E-state index in [1.165, 1.54) is 11.1 Å². The highest BCUT2D eigenvalue weighted by atomic mass is 14.9. The number of nitrogens with zero attached hydrogens (tertiary/aromatic N) is 2. The summed E-state index contributed by atoms with van der Waals surface area (Å²) in [6.45, 7) is 4.00. The van der Waals surface area contributed by atoms with Crippen LogP contribution in [-0.2, 0) is 12.8 Å². The molecular formula is C17H21N3. The first kappa shape index (κ1) is 13.3. The smallest absolute Gasteiger partial charge is 0.131 e. The van der Waals surface area contributed by atoms with Crippen LogP contribution in [-0.4, -0.2) is 9.97 Å². The van der Waals surface area contributed by atoms with Crippen LogP contribution in [0.5, 0.6) is 0 Å². The molecule has 2 unspecified atom stereocenters. The molecule has 1 aliphatic rings. The normalized spacial score (nSPS) is 19.4. The van der Waals surface area contributed by atoms with Gasteiger partial charge in [-0.05, 0) is 44.2 Å². The van der Waals surface area contributed by atoms with E-state index in [-0.39, 0.29) is 6.04 Å². The van der Waals surface area contributed by atoms with Crippen LogP contribution < -0.4 is 5.73 Å². The summed E-state index contributed by atoms with van der Waals surface area (Å²) in [5, 5.41) is 0. The van der Waals surface area contributed by atoms with E-state index in [0.29, 0.717) is 5.92 Å². The summed E-state index contributed by atoms with van der Waals surface area (Å²) in [4.78, 5) is 9.27. The van der Waals surface area contributed by atoms with Gasteiger partial charge in [-0.15, -0.1) is 0 Å². The van der Waals surface area contributed by atoms with Gasteiger partial charge in [0.1, 0.15) is 5.82 Å². The Bertz CT molecular complexity index is 619. The fourth-order valence-electron chi connectivity index (χ4n) is 3.06. The summed E-state index contributed by atoms with van der Waals surface area (Å²) in [5.41, 5.74) is 10.9. The molecule has 0 saturated heterocycles. The summed E-state index contributed by atoms with van der Waals surface area (Å²) in [6, 6.07) is 8.70. The van der Waals surface area contributed by atoms with Gasteiger partial charge >= 0.3 is 0 Å². The number of benzene rings is 1. The number of fused-ring (bicyclic) bond motifs is 1. The predicted molar refractivity (Wildman–Crippen MR) is 80.6 cm³/mol. The van der Waals surface area contributed by atoms with Crippen molar-refractivity contribution in [1.82, 2.24) is 9.97 Å². The number of rotatable bonds is 2. The first-order chi connectivity index (χ1) is 9.65. The van der Waals surface area contributed by atoms with Crippen molar-refractivity contribution in [2.75, 3.05) is 0 Å². The summed E-state index contributed by atoms with van der Waals surface area (Å²) in [6.07, 6.45) is 5.21. The molecule has 0 spiro atoms. The van der Waals surface area contributed by atoms with Gasteiger partial charge in [0.25, 0.3) is 0 Å². The zero-order valence-corrected chi connectivity index (χ0v) is 12.1. The van der Waals surface area contributed by atoms with Crippen LogP contribution in [0.4, 0.5) is 0 Å². The Labute approximate surface area is 120 Å². The third-order valence-electron chi connectivity index (χ3n) is 4.24. The first-order valence-corrected chi connectivity index (χ1v) is 7.31. The minimum atomic E-state index is -0.00358. The molecule has 1 aliphatic carbocycles. The van der Waals surface area contributed by atoms with Gasteiger partial charge in [-0.2, -0.15) is 0 Å². The van der Waals surface area contributed by atoms with E-state index in [1.807, 2.05) is 20.0 Å². The number of aromatic nitrogens is 2. The molecule has 3 nitrogen and oxygen atoms in total. The van der Waals surface area contributed by atoms with Crippen molar-refractivity contribution in [1.29, 1.82) is 0 Å². The average molecular weight is 267 g/mol. The number of hydrogen-bond donors (Lipinski definition) is 1. The van der Waals surface area contributed by atoms with E-state index < -0.39 is 0 Å². The van der Waals surface area contributed by atoms with Crippen molar-refractivity contribution in [3.8, 4) is 0 Å². The maximum absolute atomic E-state index is 5.93. The summed E-state index contributed by atoms with van der Waals surface area (Å²) in [7, 11) is 0. The molecule has 0 saturated carbocycles. The summed E-state index contributed by atoms with van der Waals surface area (Å²) in [5.74, 6) is 1.41. The Hall–Kier alpha value is -1.74. The molecule has 0 fully saturated rings. The Balaban J connectivity index is 1.86. The lowest BCUT2D eigenvalue weighted by Crippen LogP contribution is -2.17. The minimum Gasteiger partial charge on any atom is -0.324 e. The fourth-order valence-corrected chi connectivity index (χ4v) is 3.06. The Kier molecular flexibility index (Phi) is 3.53. The Morgan fingerprint density at radius 3 is 2.70 bits per heavy atom. The summed E-state index contributed by atoms with van der Waals surface area (Å²) >= 11 is 0. The fraction of sp³-hybridized carbons (Fsp3) is 0.412. The molecule has 3 heteroatoms. The van der Waals surface area contributed by atoms with Gasteiger partial charge in [0.2, 0.25) is 0 Å². The topological polar surface area (TPSA) is 51.8 Å². The standard InChI is InChI=1S/C17H21N3/c1-11(18)16-10-19-17(20-12(16)2)15-8-7-13-5-3-4-6-14(13)9-15/h3-6,10-11,15H,7-9,18H2,1-2H3. The molecule has 20 heavy (non-hydrogen) atoms. The number of nitrogens with two attached hydrogens (primary N) is 1. The van der Waals surface area contributed by atoms with Gasteiger partial charge in [-0.3, -0.25) is 0 Å². The Morgan fingerprint density at radius 2 is 2.00 bits per heavy atom. The number of aryl methyl sites for hydroxylation is 2. The van der Waals surface area contributed by atoms with Gasteiger partial charge in [0.05, 0.1) is 0 Å². The second-order valence-electron chi connectivity index (χ2n) is 5.77. The monoisotopic (exact) mass is 267 g/mol. The predicted octanol–water partition coefficient (Wildman–Crippen LogP) is 3.08. The van der Waals surface area contributed by atoms with Crippen molar-refractivity contribution < 1.29 is 0 Å². The van der Waals surface area contributed by atoms with E-state index in [4.69, 9.17) is 10.7 Å². The van der Waals surface area contributed by atoms with Gasteiger partial charge in [-0.1, -0.05) is 24.3 Å². The van der Waals surface area contributed by atoms with Crippen LogP contribution in [0.25, 0.3) is 0 Å². The molecule has 0 radical (unpaired) electrons. The molecule has 1 aromatic heterocycles. The van der Waals surface area contributed by atoms with Gasteiger partial charge in [0, 0.05) is 29.4 Å². The molecule has 0 bridgehead atoms. The van der Waals surface area contributed by atoms with Crippen molar-refractivity contribution in [3.05, 3.63) is 58.7 Å². The van der Waals surface area contributed by atoms with E-state index in [2.05, 4.69) is 29.2 Å².